The molecule has 2 saturated heterocycles. The Morgan fingerprint density at radius 3 is 1.45 bits per heavy atom. The molecule has 44 heavy (non-hydrogen) atoms. The molecule has 0 bridgehead atoms. The fourth-order valence-corrected chi connectivity index (χ4v) is 4.76. The standard InChI is InChI=1S/C38H36N4O2/c1-30(39-26-14-24-37(39)43)36(42(33-20-10-4-11-21-33)34-22-12-5-13-23-34)28-35(40-27-15-25-38(40)44)29-41(31-16-6-2-7-17-31)32-18-8-3-9-19-32/h2-13,16-23,28-29H,1,14-15,24-27H2/b35-29-,36-28+/i2D,3D,4D,5D,6D,7D,8D,9D,10D,11D,12D,13D,16D,17D,18D,19D,20D,21D,22D,23D. The highest BCUT2D eigenvalue weighted by molar-refractivity contribution is 5.84. The lowest BCUT2D eigenvalue weighted by atomic mass is 10.1. The number of nitrogens with zero attached hydrogens (tertiary/aromatic N) is 4. The van der Waals surface area contributed by atoms with E-state index in [1.807, 2.05) is 0 Å². The van der Waals surface area contributed by atoms with Crippen LogP contribution in [0.25, 0.3) is 0 Å². The van der Waals surface area contributed by atoms with Gasteiger partial charge in [0.25, 0.3) is 0 Å². The van der Waals surface area contributed by atoms with Gasteiger partial charge in [0, 0.05) is 54.9 Å². The zero-order valence-corrected chi connectivity index (χ0v) is 23.2. The van der Waals surface area contributed by atoms with Crippen LogP contribution in [-0.4, -0.2) is 34.7 Å². The van der Waals surface area contributed by atoms with Crippen molar-refractivity contribution in [2.24, 2.45) is 0 Å². The zero-order chi connectivity index (χ0) is 47.7. The van der Waals surface area contributed by atoms with Crippen LogP contribution in [0.5, 0.6) is 0 Å². The van der Waals surface area contributed by atoms with Gasteiger partial charge in [-0.1, -0.05) is 79.1 Å². The number of para-hydroxylation sites is 4. The number of hydrogen-bond acceptors (Lipinski definition) is 4. The minimum absolute atomic E-state index is 0.0252. The van der Waals surface area contributed by atoms with Gasteiger partial charge in [-0.2, -0.15) is 0 Å². The second kappa shape index (κ2) is 13.3. The molecule has 0 N–H and O–H groups in total. The van der Waals surface area contributed by atoms with Gasteiger partial charge in [-0.15, -0.1) is 0 Å². The molecule has 0 saturated carbocycles. The summed E-state index contributed by atoms with van der Waals surface area (Å²) in [5.74, 6) is -1.16. The number of hydrogen-bond donors (Lipinski definition) is 0. The highest BCUT2D eigenvalue weighted by Crippen LogP contribution is 2.37. The molecular formula is C38H36N4O2. The van der Waals surface area contributed by atoms with Gasteiger partial charge in [0.2, 0.25) is 11.8 Å². The molecule has 0 unspecified atom stereocenters. The number of anilines is 4. The van der Waals surface area contributed by atoms with Crippen molar-refractivity contribution in [2.45, 2.75) is 25.7 Å². The minimum Gasteiger partial charge on any atom is -0.315 e. The van der Waals surface area contributed by atoms with E-state index in [0.29, 0.717) is 9.80 Å². The molecule has 6 nitrogen and oxygen atoms in total. The van der Waals surface area contributed by atoms with Crippen LogP contribution in [-0.2, 0) is 9.59 Å². The van der Waals surface area contributed by atoms with Crippen LogP contribution in [0.15, 0.2) is 157 Å². The molecule has 6 rings (SSSR count). The Morgan fingerprint density at radius 2 is 1.05 bits per heavy atom. The van der Waals surface area contributed by atoms with Crippen molar-refractivity contribution in [3.05, 3.63) is 157 Å². The number of likely N-dealkylation sites (tertiary alicyclic amines) is 2. The maximum absolute atomic E-state index is 13.8. The van der Waals surface area contributed by atoms with Crippen molar-refractivity contribution in [1.29, 1.82) is 0 Å². The minimum atomic E-state index is -0.952. The number of carbonyl (C=O) groups excluding carboxylic acids is 2. The molecule has 4 aromatic carbocycles. The van der Waals surface area contributed by atoms with Gasteiger partial charge in [0.15, 0.2) is 0 Å². The topological polar surface area (TPSA) is 47.1 Å². The summed E-state index contributed by atoms with van der Waals surface area (Å²) in [6.45, 7) is 3.95. The van der Waals surface area contributed by atoms with Gasteiger partial charge < -0.3 is 19.6 Å². The second-order valence-electron chi connectivity index (χ2n) is 9.43. The molecule has 0 spiro atoms. The molecule has 2 amide bonds. The molecular weight excluding hydrogens is 544 g/mol. The lowest BCUT2D eigenvalue weighted by Crippen LogP contribution is -2.31. The third kappa shape index (κ3) is 6.20. The quantitative estimate of drug-likeness (QED) is 0.172. The van der Waals surface area contributed by atoms with E-state index in [1.165, 1.54) is 0 Å². The largest absolute Gasteiger partial charge is 0.315 e. The smallest absolute Gasteiger partial charge is 0.227 e. The first-order valence-corrected chi connectivity index (χ1v) is 13.5. The van der Waals surface area contributed by atoms with Crippen LogP contribution in [0, 0.1) is 0 Å². The van der Waals surface area contributed by atoms with E-state index >= 15 is 0 Å². The highest BCUT2D eigenvalue weighted by atomic mass is 16.2. The second-order valence-corrected chi connectivity index (χ2v) is 9.43. The fraction of sp³-hybridized carbons (Fsp3) is 0.158. The van der Waals surface area contributed by atoms with Crippen molar-refractivity contribution < 1.29 is 37.0 Å². The Morgan fingerprint density at radius 1 is 0.636 bits per heavy atom. The van der Waals surface area contributed by atoms with Crippen LogP contribution >= 0.6 is 0 Å². The first kappa shape index (κ1) is 13.5. The number of benzene rings is 4. The maximum atomic E-state index is 13.8. The van der Waals surface area contributed by atoms with Crippen LogP contribution in [0.4, 0.5) is 22.7 Å². The van der Waals surface area contributed by atoms with E-state index < -0.39 is 167 Å². The number of amides is 2. The SMILES string of the molecule is [2H]c1c([2H])c([2H])c(N(/C=C(/C=C(\C(=C)N2CCCC2=O)N(c2c([2H])c([2H])c([2H])c([2H])c2[2H])c2c([2H])c([2H])c([2H])c([2H])c2[2H])N2CCCC2=O)c2c([2H])c([2H])c([2H])c([2H])c2[2H])c([2H])c1[2H]. The molecule has 2 fully saturated rings. The Hall–Kier alpha value is -5.36. The number of rotatable bonds is 10. The third-order valence-electron chi connectivity index (χ3n) is 6.74. The monoisotopic (exact) mass is 600 g/mol. The molecule has 2 aliphatic heterocycles. The lowest BCUT2D eigenvalue weighted by Gasteiger charge is -2.33. The summed E-state index contributed by atoms with van der Waals surface area (Å²) in [4.78, 5) is 30.9. The summed E-state index contributed by atoms with van der Waals surface area (Å²) < 4.78 is 173. The zero-order valence-electron chi connectivity index (χ0n) is 43.2. The average Bonchev–Trinajstić information content (AvgIpc) is 3.91. The van der Waals surface area contributed by atoms with Crippen LogP contribution < -0.4 is 9.80 Å². The van der Waals surface area contributed by atoms with Gasteiger partial charge in [-0.05, 0) is 67.3 Å². The van der Waals surface area contributed by atoms with E-state index in [4.69, 9.17) is 27.4 Å². The molecule has 0 aromatic heterocycles. The van der Waals surface area contributed by atoms with E-state index in [1.54, 1.807) is 0 Å². The van der Waals surface area contributed by atoms with Gasteiger partial charge in [-0.3, -0.25) is 9.59 Å². The molecule has 220 valence electrons. The average molecular weight is 601 g/mol. The first-order valence-electron chi connectivity index (χ1n) is 23.5. The normalized spacial score (nSPS) is 21.9. The molecule has 6 heteroatoms. The predicted octanol–water partition coefficient (Wildman–Crippen LogP) is 8.15. The van der Waals surface area contributed by atoms with Crippen molar-refractivity contribution >= 4 is 34.6 Å². The van der Waals surface area contributed by atoms with E-state index in [0.717, 1.165) is 22.1 Å². The predicted molar refractivity (Wildman–Crippen MR) is 177 cm³/mol. The summed E-state index contributed by atoms with van der Waals surface area (Å²) in [5.41, 5.74) is -4.42. The maximum Gasteiger partial charge on any atom is 0.227 e. The van der Waals surface area contributed by atoms with Crippen molar-refractivity contribution in [1.82, 2.24) is 9.80 Å². The number of allylic oxidation sites excluding steroid dienone is 1. The molecule has 0 radical (unpaired) electrons. The molecule has 4 aromatic rings. The van der Waals surface area contributed by atoms with Crippen molar-refractivity contribution in [2.75, 3.05) is 22.9 Å². The fourth-order valence-electron chi connectivity index (χ4n) is 4.76. The summed E-state index contributed by atoms with van der Waals surface area (Å²) in [6, 6.07) is -18.2. The molecule has 2 heterocycles. The number of carbonyl (C=O) groups is 2. The van der Waals surface area contributed by atoms with Crippen LogP contribution in [0.1, 0.15) is 53.1 Å². The third-order valence-corrected chi connectivity index (χ3v) is 6.74. The summed E-state index contributed by atoms with van der Waals surface area (Å²) in [5, 5.41) is 0. The van der Waals surface area contributed by atoms with Crippen molar-refractivity contribution in [3.63, 3.8) is 0 Å². The van der Waals surface area contributed by atoms with E-state index in [2.05, 4.69) is 6.58 Å². The van der Waals surface area contributed by atoms with Gasteiger partial charge >= 0.3 is 0 Å². The summed E-state index contributed by atoms with van der Waals surface area (Å²) >= 11 is 0. The Kier molecular flexibility index (Phi) is 4.09. The Balaban J connectivity index is 1.88. The van der Waals surface area contributed by atoms with Crippen LogP contribution in [0.3, 0.4) is 0 Å². The molecule has 0 aliphatic carbocycles. The van der Waals surface area contributed by atoms with Gasteiger partial charge in [-0.25, -0.2) is 0 Å². The Bertz CT molecular complexity index is 2540. The van der Waals surface area contributed by atoms with E-state index in [-0.39, 0.29) is 44.5 Å². The highest BCUT2D eigenvalue weighted by Gasteiger charge is 2.30. The first-order chi connectivity index (χ1) is 29.9. The summed E-state index contributed by atoms with van der Waals surface area (Å²) in [7, 11) is 0. The van der Waals surface area contributed by atoms with Gasteiger partial charge in [0.1, 0.15) is 0 Å². The van der Waals surface area contributed by atoms with Crippen LogP contribution in [0.2, 0.25) is 0 Å². The molecule has 2 aliphatic rings. The molecule has 0 atom stereocenters. The summed E-state index contributed by atoms with van der Waals surface area (Å²) in [6.07, 6.45) is 2.25. The van der Waals surface area contributed by atoms with Crippen molar-refractivity contribution in [3.8, 4) is 0 Å². The van der Waals surface area contributed by atoms with E-state index in [9.17, 15) is 9.59 Å². The Labute approximate surface area is 287 Å². The van der Waals surface area contributed by atoms with Gasteiger partial charge in [0.05, 0.1) is 44.5 Å². The lowest BCUT2D eigenvalue weighted by molar-refractivity contribution is -0.126.